The van der Waals surface area contributed by atoms with Crippen molar-refractivity contribution >= 4 is 29.2 Å². The monoisotopic (exact) mass is 307 g/mol. The fraction of sp³-hybridized carbons (Fsp3) is 0.0667. The molecular weight excluding hydrogens is 297 g/mol. The van der Waals surface area contributed by atoms with Crippen molar-refractivity contribution in [2.45, 2.75) is 0 Å². The van der Waals surface area contributed by atoms with Crippen molar-refractivity contribution in [2.75, 3.05) is 12.4 Å². The lowest BCUT2D eigenvalue weighted by Crippen LogP contribution is -2.13. The van der Waals surface area contributed by atoms with Crippen LogP contribution in [0.25, 0.3) is 0 Å². The average molecular weight is 308 g/mol. The predicted molar refractivity (Wildman–Crippen MR) is 77.1 cm³/mol. The van der Waals surface area contributed by atoms with E-state index in [9.17, 15) is 14.0 Å². The molecule has 0 atom stereocenters. The van der Waals surface area contributed by atoms with Gasteiger partial charge in [-0.25, -0.2) is 9.18 Å². The van der Waals surface area contributed by atoms with Crippen molar-refractivity contribution < 1.29 is 18.7 Å². The molecule has 2 rings (SSSR count). The third-order valence-electron chi connectivity index (χ3n) is 2.76. The molecule has 0 fully saturated rings. The van der Waals surface area contributed by atoms with Crippen molar-refractivity contribution in [1.82, 2.24) is 0 Å². The number of hydrogen-bond acceptors (Lipinski definition) is 3. The molecule has 4 nitrogen and oxygen atoms in total. The molecule has 0 aliphatic carbocycles. The second-order valence-corrected chi connectivity index (χ2v) is 4.50. The van der Waals surface area contributed by atoms with Crippen LogP contribution in [0.4, 0.5) is 10.1 Å². The SMILES string of the molecule is COC(=O)c1ccc(NC(=O)c2cccc(F)c2Cl)cc1. The molecule has 21 heavy (non-hydrogen) atoms. The van der Waals surface area contributed by atoms with E-state index in [2.05, 4.69) is 10.1 Å². The predicted octanol–water partition coefficient (Wildman–Crippen LogP) is 3.52. The molecule has 0 saturated heterocycles. The van der Waals surface area contributed by atoms with E-state index in [1.165, 1.54) is 49.6 Å². The number of rotatable bonds is 3. The molecule has 0 radical (unpaired) electrons. The second kappa shape index (κ2) is 6.37. The molecule has 0 aromatic heterocycles. The van der Waals surface area contributed by atoms with Crippen LogP contribution in [0.1, 0.15) is 20.7 Å². The van der Waals surface area contributed by atoms with E-state index in [1.807, 2.05) is 0 Å². The highest BCUT2D eigenvalue weighted by molar-refractivity contribution is 6.34. The average Bonchev–Trinajstić information content (AvgIpc) is 2.50. The van der Waals surface area contributed by atoms with Gasteiger partial charge in [0.05, 0.1) is 23.3 Å². The number of ether oxygens (including phenoxy) is 1. The van der Waals surface area contributed by atoms with E-state index in [-0.39, 0.29) is 10.6 Å². The van der Waals surface area contributed by atoms with Gasteiger partial charge in [-0.05, 0) is 36.4 Å². The molecule has 1 amide bonds. The van der Waals surface area contributed by atoms with Gasteiger partial charge in [-0.15, -0.1) is 0 Å². The van der Waals surface area contributed by atoms with Crippen LogP contribution in [0.3, 0.4) is 0 Å². The van der Waals surface area contributed by atoms with Crippen LogP contribution in [0.2, 0.25) is 5.02 Å². The summed E-state index contributed by atoms with van der Waals surface area (Å²) in [4.78, 5) is 23.3. The Morgan fingerprint density at radius 3 is 2.43 bits per heavy atom. The summed E-state index contributed by atoms with van der Waals surface area (Å²) in [6, 6.07) is 10.1. The standard InChI is InChI=1S/C15H11ClFNO3/c1-21-15(20)9-5-7-10(8-6-9)18-14(19)11-3-2-4-12(17)13(11)16/h2-8H,1H3,(H,18,19). The van der Waals surface area contributed by atoms with Gasteiger partial charge in [0.15, 0.2) is 0 Å². The summed E-state index contributed by atoms with van der Waals surface area (Å²) in [5.41, 5.74) is 0.848. The Hall–Kier alpha value is -2.40. The van der Waals surface area contributed by atoms with Crippen molar-refractivity contribution in [3.63, 3.8) is 0 Å². The van der Waals surface area contributed by atoms with Gasteiger partial charge in [0.1, 0.15) is 5.82 Å². The zero-order chi connectivity index (χ0) is 15.4. The molecule has 0 bridgehead atoms. The topological polar surface area (TPSA) is 55.4 Å². The smallest absolute Gasteiger partial charge is 0.337 e. The first kappa shape index (κ1) is 15.0. The first-order valence-electron chi connectivity index (χ1n) is 5.96. The van der Waals surface area contributed by atoms with Crippen LogP contribution >= 0.6 is 11.6 Å². The van der Waals surface area contributed by atoms with Gasteiger partial charge in [-0.3, -0.25) is 4.79 Å². The maximum atomic E-state index is 13.3. The maximum absolute atomic E-state index is 13.3. The van der Waals surface area contributed by atoms with Gasteiger partial charge in [0.2, 0.25) is 0 Å². The molecule has 0 spiro atoms. The number of anilines is 1. The van der Waals surface area contributed by atoms with Crippen LogP contribution in [-0.2, 0) is 4.74 Å². The Morgan fingerprint density at radius 1 is 1.14 bits per heavy atom. The zero-order valence-electron chi connectivity index (χ0n) is 11.0. The lowest BCUT2D eigenvalue weighted by atomic mass is 10.1. The highest BCUT2D eigenvalue weighted by Gasteiger charge is 2.14. The molecule has 0 saturated carbocycles. The Kier molecular flexibility index (Phi) is 4.55. The minimum atomic E-state index is -0.662. The summed E-state index contributed by atoms with van der Waals surface area (Å²) in [5, 5.41) is 2.33. The molecule has 1 N–H and O–H groups in total. The van der Waals surface area contributed by atoms with Crippen molar-refractivity contribution in [1.29, 1.82) is 0 Å². The van der Waals surface area contributed by atoms with E-state index in [1.54, 1.807) is 0 Å². The first-order chi connectivity index (χ1) is 10.0. The number of methoxy groups -OCH3 is 1. The number of nitrogens with one attached hydrogen (secondary N) is 1. The Morgan fingerprint density at radius 2 is 1.81 bits per heavy atom. The van der Waals surface area contributed by atoms with Gasteiger partial charge in [0.25, 0.3) is 5.91 Å². The first-order valence-corrected chi connectivity index (χ1v) is 6.34. The quantitative estimate of drug-likeness (QED) is 0.883. The Labute approximate surface area is 125 Å². The summed E-state index contributed by atoms with van der Waals surface area (Å²) >= 11 is 5.74. The number of carbonyl (C=O) groups is 2. The molecule has 2 aromatic carbocycles. The summed E-state index contributed by atoms with van der Waals surface area (Å²) < 4.78 is 17.9. The van der Waals surface area contributed by atoms with Gasteiger partial charge in [0, 0.05) is 5.69 Å². The number of esters is 1. The van der Waals surface area contributed by atoms with E-state index in [4.69, 9.17) is 11.6 Å². The molecule has 6 heteroatoms. The van der Waals surface area contributed by atoms with Gasteiger partial charge in [-0.2, -0.15) is 0 Å². The third kappa shape index (κ3) is 3.38. The molecule has 0 unspecified atom stereocenters. The van der Waals surface area contributed by atoms with E-state index < -0.39 is 17.7 Å². The Balaban J connectivity index is 2.16. The third-order valence-corrected chi connectivity index (χ3v) is 3.14. The summed E-state index contributed by atoms with van der Waals surface area (Å²) in [6.45, 7) is 0. The number of amides is 1. The van der Waals surface area contributed by atoms with Gasteiger partial charge >= 0.3 is 5.97 Å². The molecule has 2 aromatic rings. The highest BCUT2D eigenvalue weighted by Crippen LogP contribution is 2.21. The maximum Gasteiger partial charge on any atom is 0.337 e. The van der Waals surface area contributed by atoms with E-state index >= 15 is 0 Å². The van der Waals surface area contributed by atoms with Crippen LogP contribution < -0.4 is 5.32 Å². The van der Waals surface area contributed by atoms with Crippen LogP contribution in [0.5, 0.6) is 0 Å². The summed E-state index contributed by atoms with van der Waals surface area (Å²) in [5.74, 6) is -1.67. The fourth-order valence-corrected chi connectivity index (χ4v) is 1.90. The lowest BCUT2D eigenvalue weighted by Gasteiger charge is -2.07. The van der Waals surface area contributed by atoms with Crippen LogP contribution in [-0.4, -0.2) is 19.0 Å². The van der Waals surface area contributed by atoms with Crippen molar-refractivity contribution in [3.05, 3.63) is 64.4 Å². The summed E-state index contributed by atoms with van der Waals surface area (Å²) in [6.07, 6.45) is 0. The van der Waals surface area contributed by atoms with Gasteiger partial charge < -0.3 is 10.1 Å². The molecule has 0 aliphatic rings. The minimum absolute atomic E-state index is 0.0358. The zero-order valence-corrected chi connectivity index (χ0v) is 11.8. The normalized spacial score (nSPS) is 10.0. The number of halogens is 2. The lowest BCUT2D eigenvalue weighted by molar-refractivity contribution is 0.0600. The van der Waals surface area contributed by atoms with Crippen molar-refractivity contribution in [2.24, 2.45) is 0 Å². The van der Waals surface area contributed by atoms with Crippen molar-refractivity contribution in [3.8, 4) is 0 Å². The van der Waals surface area contributed by atoms with Gasteiger partial charge in [-0.1, -0.05) is 17.7 Å². The molecule has 0 aliphatic heterocycles. The van der Waals surface area contributed by atoms with E-state index in [0.29, 0.717) is 11.3 Å². The molecule has 0 heterocycles. The number of benzene rings is 2. The number of carbonyl (C=O) groups excluding carboxylic acids is 2. The second-order valence-electron chi connectivity index (χ2n) is 4.12. The van der Waals surface area contributed by atoms with Crippen LogP contribution in [0.15, 0.2) is 42.5 Å². The largest absolute Gasteiger partial charge is 0.465 e. The summed E-state index contributed by atoms with van der Waals surface area (Å²) in [7, 11) is 1.28. The molecular formula is C15H11ClFNO3. The van der Waals surface area contributed by atoms with E-state index in [0.717, 1.165) is 0 Å². The highest BCUT2D eigenvalue weighted by atomic mass is 35.5. The number of hydrogen-bond donors (Lipinski definition) is 1. The van der Waals surface area contributed by atoms with Crippen LogP contribution in [0, 0.1) is 5.82 Å². The molecule has 108 valence electrons. The Bertz CT molecular complexity index is 686. The minimum Gasteiger partial charge on any atom is -0.465 e. The fourth-order valence-electron chi connectivity index (χ4n) is 1.69.